The fourth-order valence-electron chi connectivity index (χ4n) is 3.21. The minimum atomic E-state index is -0.503. The topological polar surface area (TPSA) is 75.5 Å². The molecule has 1 saturated heterocycles. The third-order valence-corrected chi connectivity index (χ3v) is 5.47. The van der Waals surface area contributed by atoms with Gasteiger partial charge in [-0.1, -0.05) is 6.42 Å². The summed E-state index contributed by atoms with van der Waals surface area (Å²) in [7, 11) is 0. The summed E-state index contributed by atoms with van der Waals surface area (Å²) in [4.78, 5) is 26.3. The normalized spacial score (nSPS) is 18.1. The van der Waals surface area contributed by atoms with Crippen molar-refractivity contribution in [1.82, 2.24) is 10.2 Å². The van der Waals surface area contributed by atoms with Gasteiger partial charge in [-0.25, -0.2) is 0 Å². The van der Waals surface area contributed by atoms with E-state index in [1.165, 1.54) is 43.6 Å². The van der Waals surface area contributed by atoms with E-state index < -0.39 is 4.92 Å². The van der Waals surface area contributed by atoms with Gasteiger partial charge in [0.05, 0.1) is 4.92 Å². The molecule has 1 unspecified atom stereocenters. The van der Waals surface area contributed by atoms with Gasteiger partial charge in [-0.05, 0) is 64.1 Å². The number of hydrogen-bond donors (Lipinski definition) is 1. The van der Waals surface area contributed by atoms with Crippen molar-refractivity contribution in [1.29, 1.82) is 0 Å². The van der Waals surface area contributed by atoms with Gasteiger partial charge >= 0.3 is 0 Å². The van der Waals surface area contributed by atoms with E-state index in [1.54, 1.807) is 12.1 Å². The average molecular weight is 365 g/mol. The molecule has 0 bridgehead atoms. The summed E-state index contributed by atoms with van der Waals surface area (Å²) in [6.45, 7) is 5.04. The number of thioether (sulfide) groups is 1. The summed E-state index contributed by atoms with van der Waals surface area (Å²) in [6, 6.07) is 5.31. The van der Waals surface area contributed by atoms with Crippen LogP contribution in [0.25, 0.3) is 0 Å². The molecule has 1 aliphatic rings. The van der Waals surface area contributed by atoms with Gasteiger partial charge in [-0.3, -0.25) is 14.9 Å². The lowest BCUT2D eigenvalue weighted by molar-refractivity contribution is -0.385. The van der Waals surface area contributed by atoms with Crippen LogP contribution in [0.2, 0.25) is 0 Å². The molecule has 25 heavy (non-hydrogen) atoms. The Labute approximate surface area is 153 Å². The molecule has 0 saturated carbocycles. The molecule has 0 aromatic heterocycles. The second-order valence-corrected chi connectivity index (χ2v) is 7.36. The molecule has 1 fully saturated rings. The third-order valence-electron chi connectivity index (χ3n) is 4.74. The zero-order valence-corrected chi connectivity index (χ0v) is 15.8. The molecular weight excluding hydrogens is 338 g/mol. The van der Waals surface area contributed by atoms with Gasteiger partial charge in [0, 0.05) is 23.5 Å². The number of nitro benzene ring substituents is 1. The summed E-state index contributed by atoms with van der Waals surface area (Å²) < 4.78 is 0. The van der Waals surface area contributed by atoms with Gasteiger partial charge in [0.25, 0.3) is 11.6 Å². The molecule has 6 nitrogen and oxygen atoms in total. The number of piperidine rings is 1. The largest absolute Gasteiger partial charge is 0.352 e. The molecule has 1 atom stereocenters. The molecule has 7 heteroatoms. The van der Waals surface area contributed by atoms with Crippen LogP contribution in [-0.4, -0.2) is 47.7 Å². The van der Waals surface area contributed by atoms with Gasteiger partial charge in [0.1, 0.15) is 5.56 Å². The maximum Gasteiger partial charge on any atom is 0.282 e. The van der Waals surface area contributed by atoms with Gasteiger partial charge in [0.15, 0.2) is 0 Å². The minimum Gasteiger partial charge on any atom is -0.352 e. The fraction of sp³-hybridized carbons (Fsp3) is 0.611. The van der Waals surface area contributed by atoms with Crippen LogP contribution < -0.4 is 5.32 Å². The van der Waals surface area contributed by atoms with Crippen LogP contribution in [0.3, 0.4) is 0 Å². The fourth-order valence-corrected chi connectivity index (χ4v) is 3.65. The number of rotatable bonds is 8. The molecule has 2 rings (SSSR count). The van der Waals surface area contributed by atoms with E-state index in [1.807, 2.05) is 6.26 Å². The van der Waals surface area contributed by atoms with Crippen molar-refractivity contribution >= 4 is 23.4 Å². The van der Waals surface area contributed by atoms with E-state index >= 15 is 0 Å². The molecule has 1 aromatic rings. The summed E-state index contributed by atoms with van der Waals surface area (Å²) in [5.74, 6) is -0.367. The van der Waals surface area contributed by atoms with E-state index in [9.17, 15) is 14.9 Å². The van der Waals surface area contributed by atoms with Crippen LogP contribution in [0.1, 0.15) is 49.4 Å². The van der Waals surface area contributed by atoms with Crippen LogP contribution in [0.5, 0.6) is 0 Å². The molecule has 1 aromatic carbocycles. The predicted octanol–water partition coefficient (Wildman–Crippen LogP) is 3.70. The number of amides is 1. The first kappa shape index (κ1) is 19.7. The summed E-state index contributed by atoms with van der Waals surface area (Å²) in [5.41, 5.74) is -0.000978. The van der Waals surface area contributed by atoms with Crippen molar-refractivity contribution in [2.45, 2.75) is 50.0 Å². The summed E-state index contributed by atoms with van der Waals surface area (Å²) >= 11 is 1.46. The third kappa shape index (κ3) is 5.71. The first-order valence-corrected chi connectivity index (χ1v) is 10.1. The maximum absolute atomic E-state index is 12.3. The highest BCUT2D eigenvalue weighted by atomic mass is 32.2. The van der Waals surface area contributed by atoms with Gasteiger partial charge in [-0.15, -0.1) is 11.8 Å². The van der Waals surface area contributed by atoms with Gasteiger partial charge in [0.2, 0.25) is 0 Å². The molecule has 1 amide bonds. The highest BCUT2D eigenvalue weighted by Crippen LogP contribution is 2.24. The Balaban J connectivity index is 1.81. The number of hydrogen-bond acceptors (Lipinski definition) is 5. The van der Waals surface area contributed by atoms with Crippen molar-refractivity contribution in [3.63, 3.8) is 0 Å². The van der Waals surface area contributed by atoms with Crippen molar-refractivity contribution in [2.24, 2.45) is 0 Å². The average Bonchev–Trinajstić information content (AvgIpc) is 2.62. The quantitative estimate of drug-likeness (QED) is 0.329. The Morgan fingerprint density at radius 2 is 2.20 bits per heavy atom. The lowest BCUT2D eigenvalue weighted by atomic mass is 10.0. The lowest BCUT2D eigenvalue weighted by Gasteiger charge is -2.33. The summed E-state index contributed by atoms with van der Waals surface area (Å²) in [5, 5.41) is 13.9. The Morgan fingerprint density at radius 1 is 1.40 bits per heavy atom. The zero-order valence-electron chi connectivity index (χ0n) is 15.0. The van der Waals surface area contributed by atoms with E-state index in [0.29, 0.717) is 12.6 Å². The number of nitrogens with one attached hydrogen (secondary N) is 1. The molecule has 138 valence electrons. The van der Waals surface area contributed by atoms with Crippen molar-refractivity contribution in [3.8, 4) is 0 Å². The molecule has 0 spiro atoms. The number of likely N-dealkylation sites (tertiary alicyclic amines) is 1. The molecule has 1 N–H and O–H groups in total. The number of nitrogens with zero attached hydrogens (tertiary/aromatic N) is 2. The standard InChI is InChI=1S/C18H27N3O3S/c1-14-7-3-5-11-20(14)12-6-4-10-19-18(22)16-13-15(25-2)8-9-17(16)21(23)24/h8-9,13-14H,3-7,10-12H2,1-2H3,(H,19,22). The number of carbonyl (C=O) groups excluding carboxylic acids is 1. The molecular formula is C18H27N3O3S. The smallest absolute Gasteiger partial charge is 0.282 e. The highest BCUT2D eigenvalue weighted by molar-refractivity contribution is 7.98. The highest BCUT2D eigenvalue weighted by Gasteiger charge is 2.20. The second-order valence-electron chi connectivity index (χ2n) is 6.48. The van der Waals surface area contributed by atoms with Crippen LogP contribution >= 0.6 is 11.8 Å². The van der Waals surface area contributed by atoms with E-state index in [0.717, 1.165) is 24.3 Å². The van der Waals surface area contributed by atoms with Crippen molar-refractivity contribution in [2.75, 3.05) is 25.9 Å². The van der Waals surface area contributed by atoms with Crippen LogP contribution in [0, 0.1) is 10.1 Å². The number of nitro groups is 1. The Morgan fingerprint density at radius 3 is 2.88 bits per heavy atom. The monoisotopic (exact) mass is 365 g/mol. The molecule has 1 aliphatic heterocycles. The van der Waals surface area contributed by atoms with Crippen LogP contribution in [0.4, 0.5) is 5.69 Å². The van der Waals surface area contributed by atoms with Crippen LogP contribution in [0.15, 0.2) is 23.1 Å². The molecule has 0 radical (unpaired) electrons. The van der Waals surface area contributed by atoms with Crippen molar-refractivity contribution < 1.29 is 9.72 Å². The number of benzene rings is 1. The first-order chi connectivity index (χ1) is 12.0. The Hall–Kier alpha value is -1.60. The first-order valence-electron chi connectivity index (χ1n) is 8.87. The zero-order chi connectivity index (χ0) is 18.2. The number of carbonyl (C=O) groups is 1. The van der Waals surface area contributed by atoms with Crippen LogP contribution in [-0.2, 0) is 0 Å². The minimum absolute atomic E-state index is 0.140. The SMILES string of the molecule is CSc1ccc([N+](=O)[O-])c(C(=O)NCCCCN2CCCCC2C)c1. The predicted molar refractivity (Wildman–Crippen MR) is 101 cm³/mol. The number of unbranched alkanes of at least 4 members (excludes halogenated alkanes) is 1. The molecule has 0 aliphatic carbocycles. The lowest BCUT2D eigenvalue weighted by Crippen LogP contribution is -2.38. The maximum atomic E-state index is 12.3. The van der Waals surface area contributed by atoms with E-state index in [4.69, 9.17) is 0 Å². The Kier molecular flexibility index (Phi) is 7.71. The summed E-state index contributed by atoms with van der Waals surface area (Å²) in [6.07, 6.45) is 7.65. The van der Waals surface area contributed by atoms with E-state index in [-0.39, 0.29) is 17.2 Å². The van der Waals surface area contributed by atoms with Gasteiger partial charge in [-0.2, -0.15) is 0 Å². The second kappa shape index (κ2) is 9.77. The van der Waals surface area contributed by atoms with Crippen molar-refractivity contribution in [3.05, 3.63) is 33.9 Å². The van der Waals surface area contributed by atoms with Gasteiger partial charge < -0.3 is 10.2 Å². The van der Waals surface area contributed by atoms with E-state index in [2.05, 4.69) is 17.1 Å². The Bertz CT molecular complexity index is 609. The molecule has 1 heterocycles.